The Bertz CT molecular complexity index is 726. The summed E-state index contributed by atoms with van der Waals surface area (Å²) < 4.78 is 28.2. The van der Waals surface area contributed by atoms with Gasteiger partial charge in [-0.2, -0.15) is 5.10 Å². The maximum Gasteiger partial charge on any atom is 0.267 e. The number of anilines is 1. The summed E-state index contributed by atoms with van der Waals surface area (Å²) in [5.41, 5.74) is 6.07. The number of hydrogen-bond donors (Lipinski definition) is 1. The lowest BCUT2D eigenvalue weighted by Gasteiger charge is -2.23. The van der Waals surface area contributed by atoms with Gasteiger partial charge >= 0.3 is 0 Å². The molecule has 0 atom stereocenters. The minimum absolute atomic E-state index is 0.136. The third-order valence-electron chi connectivity index (χ3n) is 2.87. The van der Waals surface area contributed by atoms with Crippen molar-refractivity contribution in [3.63, 3.8) is 0 Å². The van der Waals surface area contributed by atoms with E-state index in [1.807, 2.05) is 6.07 Å². The molecule has 0 spiro atoms. The van der Waals surface area contributed by atoms with Crippen LogP contribution < -0.4 is 10.0 Å². The third kappa shape index (κ3) is 3.59. The first-order chi connectivity index (χ1) is 9.91. The monoisotopic (exact) mass is 324 g/mol. The molecule has 1 heterocycles. The SMILES string of the molecule is Cn1cc(S(=O)(=O)N(CCC(N)=S)c2ccccc2)cn1. The molecule has 0 unspecified atom stereocenters. The second kappa shape index (κ2) is 6.23. The molecule has 8 heteroatoms. The predicted molar refractivity (Wildman–Crippen MR) is 85.6 cm³/mol. The molecular formula is C13H16N4O2S2. The number of hydrogen-bond acceptors (Lipinski definition) is 4. The molecule has 6 nitrogen and oxygen atoms in total. The van der Waals surface area contributed by atoms with E-state index in [2.05, 4.69) is 5.10 Å². The van der Waals surface area contributed by atoms with Crippen molar-refractivity contribution < 1.29 is 8.42 Å². The minimum atomic E-state index is -3.69. The lowest BCUT2D eigenvalue weighted by molar-refractivity contribution is 0.591. The van der Waals surface area contributed by atoms with Crippen LogP contribution in [0.15, 0.2) is 47.6 Å². The first-order valence-corrected chi connectivity index (χ1v) is 8.11. The van der Waals surface area contributed by atoms with Crippen molar-refractivity contribution >= 4 is 32.9 Å². The summed E-state index contributed by atoms with van der Waals surface area (Å²) in [7, 11) is -2.03. The van der Waals surface area contributed by atoms with Crippen LogP contribution in [-0.4, -0.2) is 29.7 Å². The van der Waals surface area contributed by atoms with Gasteiger partial charge in [-0.25, -0.2) is 8.42 Å². The summed E-state index contributed by atoms with van der Waals surface area (Å²) in [5.74, 6) is 0. The van der Waals surface area contributed by atoms with Crippen molar-refractivity contribution in [3.8, 4) is 0 Å². The summed E-state index contributed by atoms with van der Waals surface area (Å²) in [6.07, 6.45) is 3.10. The topological polar surface area (TPSA) is 81.2 Å². The van der Waals surface area contributed by atoms with Crippen molar-refractivity contribution in [2.24, 2.45) is 12.8 Å². The lowest BCUT2D eigenvalue weighted by Crippen LogP contribution is -2.33. The summed E-state index contributed by atoms with van der Waals surface area (Å²) in [6, 6.07) is 8.84. The normalized spacial score (nSPS) is 11.3. The zero-order valence-electron chi connectivity index (χ0n) is 11.5. The van der Waals surface area contributed by atoms with E-state index in [9.17, 15) is 8.42 Å². The van der Waals surface area contributed by atoms with Crippen LogP contribution >= 0.6 is 12.2 Å². The Morgan fingerprint density at radius 2 is 2.05 bits per heavy atom. The fraction of sp³-hybridized carbons (Fsp3) is 0.231. The first kappa shape index (κ1) is 15.5. The summed E-state index contributed by atoms with van der Waals surface area (Å²) in [4.78, 5) is 0.411. The number of benzene rings is 1. The molecule has 2 N–H and O–H groups in total. The Kier molecular flexibility index (Phi) is 4.59. The van der Waals surface area contributed by atoms with Crippen LogP contribution in [0, 0.1) is 0 Å². The van der Waals surface area contributed by atoms with E-state index in [1.54, 1.807) is 31.3 Å². The lowest BCUT2D eigenvalue weighted by atomic mass is 10.3. The second-order valence-electron chi connectivity index (χ2n) is 4.48. The van der Waals surface area contributed by atoms with Gasteiger partial charge in [0.2, 0.25) is 0 Å². The molecular weight excluding hydrogens is 308 g/mol. The van der Waals surface area contributed by atoms with E-state index in [-0.39, 0.29) is 16.4 Å². The second-order valence-corrected chi connectivity index (χ2v) is 6.87. The van der Waals surface area contributed by atoms with E-state index >= 15 is 0 Å². The molecule has 2 aromatic rings. The molecule has 0 amide bonds. The molecule has 0 saturated heterocycles. The Labute approximate surface area is 129 Å². The number of nitrogens with two attached hydrogens (primary N) is 1. The highest BCUT2D eigenvalue weighted by atomic mass is 32.2. The van der Waals surface area contributed by atoms with Crippen LogP contribution in [0.4, 0.5) is 5.69 Å². The molecule has 1 aromatic carbocycles. The van der Waals surface area contributed by atoms with Gasteiger partial charge in [0, 0.05) is 26.2 Å². The minimum Gasteiger partial charge on any atom is -0.393 e. The largest absolute Gasteiger partial charge is 0.393 e. The van der Waals surface area contributed by atoms with Gasteiger partial charge in [0.1, 0.15) is 4.90 Å². The Hall–Kier alpha value is -1.93. The molecule has 1 aromatic heterocycles. The van der Waals surface area contributed by atoms with E-state index in [4.69, 9.17) is 18.0 Å². The third-order valence-corrected chi connectivity index (χ3v) is 4.86. The summed E-state index contributed by atoms with van der Waals surface area (Å²) >= 11 is 4.85. The first-order valence-electron chi connectivity index (χ1n) is 6.26. The zero-order valence-corrected chi connectivity index (χ0v) is 13.1. The molecule has 0 aliphatic carbocycles. The zero-order chi connectivity index (χ0) is 15.5. The highest BCUT2D eigenvalue weighted by Crippen LogP contribution is 2.23. The standard InChI is InChI=1S/C13H16N4O2S2/c1-16-10-12(9-15-16)21(18,19)17(8-7-13(14)20)11-5-3-2-4-6-11/h2-6,9-10H,7-8H2,1H3,(H2,14,20). The van der Waals surface area contributed by atoms with Crippen LogP contribution in [0.1, 0.15) is 6.42 Å². The van der Waals surface area contributed by atoms with Gasteiger partial charge in [0.15, 0.2) is 0 Å². The van der Waals surface area contributed by atoms with Crippen molar-refractivity contribution in [1.82, 2.24) is 9.78 Å². The Morgan fingerprint density at radius 3 is 2.57 bits per heavy atom. The van der Waals surface area contributed by atoms with Gasteiger partial charge in [-0.1, -0.05) is 30.4 Å². The predicted octanol–water partition coefficient (Wildman–Crippen LogP) is 1.29. The van der Waals surface area contributed by atoms with Gasteiger partial charge in [-0.15, -0.1) is 0 Å². The number of nitrogens with zero attached hydrogens (tertiary/aromatic N) is 3. The number of aromatic nitrogens is 2. The van der Waals surface area contributed by atoms with Gasteiger partial charge in [-0.3, -0.25) is 8.99 Å². The number of aryl methyl sites for hydroxylation is 1. The van der Waals surface area contributed by atoms with E-state index < -0.39 is 10.0 Å². The van der Waals surface area contributed by atoms with Gasteiger partial charge in [-0.05, 0) is 12.1 Å². The van der Waals surface area contributed by atoms with Crippen LogP contribution in [-0.2, 0) is 17.1 Å². The van der Waals surface area contributed by atoms with Crippen LogP contribution in [0.25, 0.3) is 0 Å². The van der Waals surface area contributed by atoms with Crippen molar-refractivity contribution in [1.29, 1.82) is 0 Å². The Balaban J connectivity index is 2.41. The maximum absolute atomic E-state index is 12.7. The molecule has 0 fully saturated rings. The average Bonchev–Trinajstić information content (AvgIpc) is 2.87. The highest BCUT2D eigenvalue weighted by molar-refractivity contribution is 7.92. The quantitative estimate of drug-likeness (QED) is 0.810. The van der Waals surface area contributed by atoms with Crippen LogP contribution in [0.5, 0.6) is 0 Å². The van der Waals surface area contributed by atoms with Crippen molar-refractivity contribution in [2.45, 2.75) is 11.3 Å². The number of rotatable bonds is 6. The van der Waals surface area contributed by atoms with Crippen molar-refractivity contribution in [3.05, 3.63) is 42.7 Å². The average molecular weight is 324 g/mol. The van der Waals surface area contributed by atoms with E-state index in [0.29, 0.717) is 12.1 Å². The molecule has 21 heavy (non-hydrogen) atoms. The summed E-state index contributed by atoms with van der Waals surface area (Å²) in [6.45, 7) is 0.191. The molecule has 112 valence electrons. The summed E-state index contributed by atoms with van der Waals surface area (Å²) in [5, 5.41) is 3.91. The number of sulfonamides is 1. The smallest absolute Gasteiger partial charge is 0.267 e. The number of thiocarbonyl (C=S) groups is 1. The molecule has 2 rings (SSSR count). The van der Waals surface area contributed by atoms with E-state index in [1.165, 1.54) is 21.4 Å². The fourth-order valence-electron chi connectivity index (χ4n) is 1.85. The molecule has 0 bridgehead atoms. The molecule has 0 radical (unpaired) electrons. The molecule has 0 aliphatic rings. The number of para-hydroxylation sites is 1. The van der Waals surface area contributed by atoms with E-state index in [0.717, 1.165) is 0 Å². The molecule has 0 aliphatic heterocycles. The van der Waals surface area contributed by atoms with Gasteiger partial charge in [0.25, 0.3) is 10.0 Å². The highest BCUT2D eigenvalue weighted by Gasteiger charge is 2.26. The maximum atomic E-state index is 12.7. The van der Waals surface area contributed by atoms with Crippen LogP contribution in [0.3, 0.4) is 0 Å². The fourth-order valence-corrected chi connectivity index (χ4v) is 3.40. The van der Waals surface area contributed by atoms with Gasteiger partial charge in [0.05, 0.1) is 16.9 Å². The molecule has 0 saturated carbocycles. The van der Waals surface area contributed by atoms with Crippen molar-refractivity contribution in [2.75, 3.05) is 10.8 Å². The van der Waals surface area contributed by atoms with Gasteiger partial charge < -0.3 is 5.73 Å². The Morgan fingerprint density at radius 1 is 1.38 bits per heavy atom. The van der Waals surface area contributed by atoms with Crippen LogP contribution in [0.2, 0.25) is 0 Å².